The summed E-state index contributed by atoms with van der Waals surface area (Å²) in [6, 6.07) is 13.2. The van der Waals surface area contributed by atoms with Gasteiger partial charge >= 0.3 is 0 Å². The van der Waals surface area contributed by atoms with Crippen molar-refractivity contribution in [2.45, 2.75) is 12.0 Å². The third kappa shape index (κ3) is 3.00. The van der Waals surface area contributed by atoms with Gasteiger partial charge in [0.1, 0.15) is 5.69 Å². The number of hydrogen-bond donors (Lipinski definition) is 1. The van der Waals surface area contributed by atoms with E-state index in [-0.39, 0.29) is 11.7 Å². The Labute approximate surface area is 164 Å². The zero-order valence-corrected chi connectivity index (χ0v) is 15.3. The summed E-state index contributed by atoms with van der Waals surface area (Å²) in [7, 11) is 1.51. The number of alkyl halides is 2. The van der Waals surface area contributed by atoms with Crippen LogP contribution in [0.4, 0.5) is 8.78 Å². The molecule has 29 heavy (non-hydrogen) atoms. The zero-order chi connectivity index (χ0) is 20.6. The van der Waals surface area contributed by atoms with Gasteiger partial charge in [-0.2, -0.15) is 10.2 Å². The van der Waals surface area contributed by atoms with Crippen molar-refractivity contribution >= 4 is 11.9 Å². The van der Waals surface area contributed by atoms with Crippen LogP contribution in [0.2, 0.25) is 0 Å². The number of nitrogens with zero attached hydrogens (tertiary/aromatic N) is 5. The molecule has 3 aromatic rings. The Hall–Kier alpha value is -3.75. The summed E-state index contributed by atoms with van der Waals surface area (Å²) in [6.07, 6.45) is 0.0889. The average molecular weight is 394 g/mol. The van der Waals surface area contributed by atoms with Gasteiger partial charge < -0.3 is 5.73 Å². The van der Waals surface area contributed by atoms with E-state index in [9.17, 15) is 13.6 Å². The van der Waals surface area contributed by atoms with E-state index >= 15 is 0 Å². The summed E-state index contributed by atoms with van der Waals surface area (Å²) in [5.41, 5.74) is 6.24. The van der Waals surface area contributed by atoms with Crippen molar-refractivity contribution in [2.24, 2.45) is 10.7 Å². The number of halogens is 2. The minimum absolute atomic E-state index is 0.0258. The molecule has 0 fully saturated rings. The summed E-state index contributed by atoms with van der Waals surface area (Å²) >= 11 is 0. The van der Waals surface area contributed by atoms with Gasteiger partial charge in [-0.25, -0.2) is 13.8 Å². The fourth-order valence-electron chi connectivity index (χ4n) is 3.29. The second kappa shape index (κ2) is 7.01. The van der Waals surface area contributed by atoms with E-state index in [0.29, 0.717) is 16.8 Å². The predicted molar refractivity (Wildman–Crippen MR) is 102 cm³/mol. The first-order valence-electron chi connectivity index (χ1n) is 8.70. The van der Waals surface area contributed by atoms with Crippen LogP contribution < -0.4 is 5.73 Å². The molecule has 7 nitrogen and oxygen atoms in total. The molecule has 0 aliphatic carbocycles. The van der Waals surface area contributed by atoms with E-state index in [2.05, 4.69) is 20.2 Å². The molecule has 0 radical (unpaired) electrons. The van der Waals surface area contributed by atoms with Crippen molar-refractivity contribution in [3.63, 3.8) is 0 Å². The maximum atomic E-state index is 13.2. The average Bonchev–Trinajstić information content (AvgIpc) is 2.99. The molecular formula is C20H16F2N6O. The number of carbonyl (C=O) groups excluding carboxylic acids is 1. The molecule has 146 valence electrons. The molecule has 1 aliphatic rings. The maximum absolute atomic E-state index is 13.2. The molecule has 3 heterocycles. The van der Waals surface area contributed by atoms with E-state index in [0.717, 1.165) is 5.56 Å². The number of nitrogens with two attached hydrogens (primary N) is 1. The van der Waals surface area contributed by atoms with Crippen molar-refractivity contribution < 1.29 is 13.6 Å². The number of benzene rings is 1. The van der Waals surface area contributed by atoms with Crippen LogP contribution in [0.15, 0.2) is 65.9 Å². The van der Waals surface area contributed by atoms with E-state index in [4.69, 9.17) is 5.73 Å². The molecule has 9 heteroatoms. The quantitative estimate of drug-likeness (QED) is 0.733. The van der Waals surface area contributed by atoms with Gasteiger partial charge in [-0.15, -0.1) is 0 Å². The lowest BCUT2D eigenvalue weighted by Gasteiger charge is -2.26. The lowest BCUT2D eigenvalue weighted by atomic mass is 9.82. The van der Waals surface area contributed by atoms with Gasteiger partial charge in [0, 0.05) is 30.6 Å². The number of amides is 1. The second-order valence-electron chi connectivity index (χ2n) is 6.51. The first-order valence-corrected chi connectivity index (χ1v) is 8.70. The Kier molecular flexibility index (Phi) is 4.50. The molecule has 1 amide bonds. The van der Waals surface area contributed by atoms with Crippen LogP contribution in [0.1, 0.15) is 23.2 Å². The molecule has 0 saturated carbocycles. The van der Waals surface area contributed by atoms with E-state index in [1.165, 1.54) is 30.3 Å². The van der Waals surface area contributed by atoms with Gasteiger partial charge in [0.15, 0.2) is 11.5 Å². The van der Waals surface area contributed by atoms with Gasteiger partial charge in [0.2, 0.25) is 0 Å². The first kappa shape index (κ1) is 18.6. The number of aliphatic imine (C=N–C) groups is 1. The highest BCUT2D eigenvalue weighted by molar-refractivity contribution is 6.09. The van der Waals surface area contributed by atoms with Crippen molar-refractivity contribution in [3.05, 3.63) is 77.7 Å². The Bertz CT molecular complexity index is 1090. The lowest BCUT2D eigenvalue weighted by Crippen LogP contribution is -2.41. The Morgan fingerprint density at radius 3 is 2.52 bits per heavy atom. The van der Waals surface area contributed by atoms with E-state index in [1.807, 2.05) is 6.07 Å². The van der Waals surface area contributed by atoms with E-state index in [1.54, 1.807) is 36.5 Å². The maximum Gasteiger partial charge on any atom is 0.280 e. The monoisotopic (exact) mass is 394 g/mol. The number of aromatic nitrogens is 3. The number of carbonyl (C=O) groups is 1. The van der Waals surface area contributed by atoms with Crippen molar-refractivity contribution in [1.82, 2.24) is 20.1 Å². The van der Waals surface area contributed by atoms with Crippen LogP contribution in [0.25, 0.3) is 11.3 Å². The normalized spacial score (nSPS) is 19.0. The molecule has 4 rings (SSSR count). The van der Waals surface area contributed by atoms with Crippen molar-refractivity contribution in [2.75, 3.05) is 7.05 Å². The van der Waals surface area contributed by atoms with Gasteiger partial charge in [-0.3, -0.25) is 14.7 Å². The molecule has 0 spiro atoms. The third-order valence-electron chi connectivity index (χ3n) is 4.82. The van der Waals surface area contributed by atoms with Gasteiger partial charge in [-0.1, -0.05) is 24.3 Å². The van der Waals surface area contributed by atoms with Crippen LogP contribution >= 0.6 is 0 Å². The summed E-state index contributed by atoms with van der Waals surface area (Å²) < 4.78 is 25.9. The number of hydrogen-bond acceptors (Lipinski definition) is 6. The number of likely N-dealkylation sites (N-methyl/N-ethyl adjacent to an activating group) is 1. The minimum atomic E-state index is -2.71. The summed E-state index contributed by atoms with van der Waals surface area (Å²) in [5.74, 6) is -0.379. The minimum Gasteiger partial charge on any atom is -0.369 e. The predicted octanol–water partition coefficient (Wildman–Crippen LogP) is 2.51. The van der Waals surface area contributed by atoms with Crippen LogP contribution in [0, 0.1) is 0 Å². The summed E-state index contributed by atoms with van der Waals surface area (Å²) in [5, 5.41) is 7.97. The molecule has 2 N–H and O–H groups in total. The van der Waals surface area contributed by atoms with Crippen molar-refractivity contribution in [1.29, 1.82) is 0 Å². The Morgan fingerprint density at radius 1 is 1.10 bits per heavy atom. The molecular weight excluding hydrogens is 378 g/mol. The molecule has 1 unspecified atom stereocenters. The van der Waals surface area contributed by atoms with E-state index < -0.39 is 17.9 Å². The number of rotatable bonds is 4. The zero-order valence-electron chi connectivity index (χ0n) is 15.3. The fourth-order valence-corrected chi connectivity index (χ4v) is 3.29. The third-order valence-corrected chi connectivity index (χ3v) is 4.82. The number of pyridine rings is 1. The Morgan fingerprint density at radius 2 is 1.93 bits per heavy atom. The van der Waals surface area contributed by atoms with Gasteiger partial charge in [0.25, 0.3) is 12.3 Å². The highest BCUT2D eigenvalue weighted by Crippen LogP contribution is 2.40. The smallest absolute Gasteiger partial charge is 0.280 e. The summed E-state index contributed by atoms with van der Waals surface area (Å²) in [4.78, 5) is 22.7. The van der Waals surface area contributed by atoms with Crippen molar-refractivity contribution in [3.8, 4) is 11.3 Å². The van der Waals surface area contributed by atoms with Gasteiger partial charge in [-0.05, 0) is 29.8 Å². The first-order chi connectivity index (χ1) is 13.9. The summed E-state index contributed by atoms with van der Waals surface area (Å²) in [6.45, 7) is 0. The fraction of sp³-hybridized carbons (Fsp3) is 0.150. The molecule has 1 aromatic carbocycles. The largest absolute Gasteiger partial charge is 0.369 e. The molecule has 0 bridgehead atoms. The topological polar surface area (TPSA) is 97.4 Å². The molecule has 1 aliphatic heterocycles. The van der Waals surface area contributed by atoms with Crippen LogP contribution in [-0.4, -0.2) is 39.0 Å². The highest BCUT2D eigenvalue weighted by Gasteiger charge is 2.49. The molecule has 1 atom stereocenters. The van der Waals surface area contributed by atoms with Gasteiger partial charge in [0.05, 0.1) is 5.69 Å². The molecule has 0 saturated heterocycles. The lowest BCUT2D eigenvalue weighted by molar-refractivity contribution is -0.129. The molecule has 2 aromatic heterocycles. The standard InChI is InChI=1S/C20H16F2N6O/c1-28-18(29)20(26-19(28)23,14-7-8-16(17(21)22)24-11-14)13-5-2-4-12(10-13)15-6-3-9-25-27-15/h2-11,17H,1H3,(H2,23,26). The van der Waals surface area contributed by atoms with Crippen LogP contribution in [-0.2, 0) is 10.3 Å². The second-order valence-corrected chi connectivity index (χ2v) is 6.51. The number of guanidine groups is 1. The Balaban J connectivity index is 1.90. The highest BCUT2D eigenvalue weighted by atomic mass is 19.3. The van der Waals surface area contributed by atoms with Crippen LogP contribution in [0.5, 0.6) is 0 Å². The SMILES string of the molecule is CN1C(=O)C(c2ccc(C(F)F)nc2)(c2cccc(-c3cccnn3)c2)N=C1N. The van der Waals surface area contributed by atoms with Crippen LogP contribution in [0.3, 0.4) is 0 Å².